The summed E-state index contributed by atoms with van der Waals surface area (Å²) in [6, 6.07) is 11.8. The number of hydrogen-bond donors (Lipinski definition) is 1. The summed E-state index contributed by atoms with van der Waals surface area (Å²) >= 11 is 0. The number of imidazole rings is 1. The summed E-state index contributed by atoms with van der Waals surface area (Å²) in [5.41, 5.74) is 2.77. The van der Waals surface area contributed by atoms with Crippen molar-refractivity contribution in [3.05, 3.63) is 54.6 Å². The van der Waals surface area contributed by atoms with Crippen molar-refractivity contribution in [1.29, 1.82) is 0 Å². The highest BCUT2D eigenvalue weighted by molar-refractivity contribution is 5.89. The topological polar surface area (TPSA) is 64.7 Å². The lowest BCUT2D eigenvalue weighted by atomic mass is 9.92. The number of rotatable bonds is 4. The molecule has 0 aliphatic rings. The average Bonchev–Trinajstić information content (AvgIpc) is 3.15. The molecule has 1 amide bonds. The van der Waals surface area contributed by atoms with Crippen molar-refractivity contribution in [2.45, 2.75) is 32.7 Å². The summed E-state index contributed by atoms with van der Waals surface area (Å²) < 4.78 is 3.47. The molecule has 0 atom stereocenters. The molecule has 6 heteroatoms. The Kier molecular flexibility index (Phi) is 4.44. The van der Waals surface area contributed by atoms with E-state index in [0.717, 1.165) is 17.0 Å². The van der Waals surface area contributed by atoms with E-state index in [1.807, 2.05) is 49.6 Å². The molecular formula is C19H23N5O. The van der Waals surface area contributed by atoms with Crippen molar-refractivity contribution in [2.24, 2.45) is 7.05 Å². The molecule has 3 aromatic rings. The third kappa shape index (κ3) is 3.96. The number of aromatic nitrogens is 4. The lowest BCUT2D eigenvalue weighted by Crippen LogP contribution is -2.19. The highest BCUT2D eigenvalue weighted by atomic mass is 16.2. The fourth-order valence-electron chi connectivity index (χ4n) is 2.50. The van der Waals surface area contributed by atoms with Crippen molar-refractivity contribution in [2.75, 3.05) is 5.32 Å². The van der Waals surface area contributed by atoms with Gasteiger partial charge in [0.2, 0.25) is 5.91 Å². The maximum atomic E-state index is 12.3. The van der Waals surface area contributed by atoms with Crippen LogP contribution in [0.1, 0.15) is 26.5 Å². The third-order valence-corrected chi connectivity index (χ3v) is 3.94. The summed E-state index contributed by atoms with van der Waals surface area (Å²) in [5.74, 6) is 0.582. The Hall–Kier alpha value is -2.89. The zero-order chi connectivity index (χ0) is 18.0. The Labute approximate surface area is 147 Å². The van der Waals surface area contributed by atoms with E-state index in [-0.39, 0.29) is 17.9 Å². The predicted molar refractivity (Wildman–Crippen MR) is 98.2 cm³/mol. The molecule has 0 saturated carbocycles. The van der Waals surface area contributed by atoms with E-state index in [9.17, 15) is 4.79 Å². The molecule has 0 aliphatic carbocycles. The maximum Gasteiger partial charge on any atom is 0.245 e. The van der Waals surface area contributed by atoms with Gasteiger partial charge in [-0.25, -0.2) is 4.98 Å². The summed E-state index contributed by atoms with van der Waals surface area (Å²) in [5, 5.41) is 7.38. The molecule has 0 bridgehead atoms. The molecule has 3 rings (SSSR count). The fourth-order valence-corrected chi connectivity index (χ4v) is 2.50. The van der Waals surface area contributed by atoms with Crippen molar-refractivity contribution in [3.63, 3.8) is 0 Å². The Morgan fingerprint density at radius 3 is 2.56 bits per heavy atom. The van der Waals surface area contributed by atoms with Gasteiger partial charge in [-0.1, -0.05) is 51.1 Å². The Morgan fingerprint density at radius 1 is 1.20 bits per heavy atom. The summed E-state index contributed by atoms with van der Waals surface area (Å²) in [6.45, 7) is 6.49. The monoisotopic (exact) mass is 337 g/mol. The minimum absolute atomic E-state index is 0.0599. The standard InChI is InChI=1S/C19H23N5O/c1-19(2,3)16-10-17(23(4)22-16)21-18(25)12-24-11-15(20-13-24)14-8-6-5-7-9-14/h5-11,13H,12H2,1-4H3,(H,21,25). The number of carbonyl (C=O) groups is 1. The highest BCUT2D eigenvalue weighted by Crippen LogP contribution is 2.23. The van der Waals surface area contributed by atoms with E-state index in [2.05, 4.69) is 36.2 Å². The van der Waals surface area contributed by atoms with E-state index in [4.69, 9.17) is 0 Å². The molecule has 0 spiro atoms. The van der Waals surface area contributed by atoms with Gasteiger partial charge in [0, 0.05) is 30.3 Å². The number of nitrogens with zero attached hydrogens (tertiary/aromatic N) is 4. The van der Waals surface area contributed by atoms with Crippen LogP contribution in [0.3, 0.4) is 0 Å². The van der Waals surface area contributed by atoms with Gasteiger partial charge in [0.25, 0.3) is 0 Å². The minimum atomic E-state index is -0.111. The highest BCUT2D eigenvalue weighted by Gasteiger charge is 2.19. The average molecular weight is 337 g/mol. The van der Waals surface area contributed by atoms with Crippen LogP contribution in [0.25, 0.3) is 11.3 Å². The maximum absolute atomic E-state index is 12.3. The van der Waals surface area contributed by atoms with Gasteiger partial charge in [-0.2, -0.15) is 5.10 Å². The molecule has 0 radical (unpaired) electrons. The van der Waals surface area contributed by atoms with Gasteiger partial charge < -0.3 is 9.88 Å². The largest absolute Gasteiger partial charge is 0.327 e. The predicted octanol–water partition coefficient (Wildman–Crippen LogP) is 3.22. The van der Waals surface area contributed by atoms with Gasteiger partial charge in [0.15, 0.2) is 0 Å². The van der Waals surface area contributed by atoms with Gasteiger partial charge in [-0.15, -0.1) is 0 Å². The van der Waals surface area contributed by atoms with Crippen LogP contribution in [0.5, 0.6) is 0 Å². The van der Waals surface area contributed by atoms with Crippen molar-refractivity contribution in [3.8, 4) is 11.3 Å². The van der Waals surface area contributed by atoms with Gasteiger partial charge in [-0.3, -0.25) is 9.48 Å². The summed E-state index contributed by atoms with van der Waals surface area (Å²) in [4.78, 5) is 16.7. The first-order valence-electron chi connectivity index (χ1n) is 8.24. The minimum Gasteiger partial charge on any atom is -0.327 e. The van der Waals surface area contributed by atoms with Crippen molar-refractivity contribution >= 4 is 11.7 Å². The number of benzene rings is 1. The first-order valence-corrected chi connectivity index (χ1v) is 8.24. The molecule has 0 unspecified atom stereocenters. The second-order valence-corrected chi connectivity index (χ2v) is 7.13. The van der Waals surface area contributed by atoms with Gasteiger partial charge in [0.05, 0.1) is 17.7 Å². The van der Waals surface area contributed by atoms with Crippen LogP contribution in [0.4, 0.5) is 5.82 Å². The molecular weight excluding hydrogens is 314 g/mol. The first-order chi connectivity index (χ1) is 11.8. The smallest absolute Gasteiger partial charge is 0.245 e. The summed E-state index contributed by atoms with van der Waals surface area (Å²) in [7, 11) is 1.83. The lowest BCUT2D eigenvalue weighted by Gasteiger charge is -2.13. The third-order valence-electron chi connectivity index (χ3n) is 3.94. The number of aryl methyl sites for hydroxylation is 1. The molecule has 2 heterocycles. The second-order valence-electron chi connectivity index (χ2n) is 7.13. The van der Waals surface area contributed by atoms with Gasteiger partial charge in [0.1, 0.15) is 12.4 Å². The molecule has 0 saturated heterocycles. The molecule has 1 N–H and O–H groups in total. The molecule has 2 aromatic heterocycles. The fraction of sp³-hybridized carbons (Fsp3) is 0.316. The lowest BCUT2D eigenvalue weighted by molar-refractivity contribution is -0.116. The van der Waals surface area contributed by atoms with Crippen LogP contribution in [0.15, 0.2) is 48.9 Å². The zero-order valence-electron chi connectivity index (χ0n) is 15.0. The number of amides is 1. The Morgan fingerprint density at radius 2 is 1.92 bits per heavy atom. The van der Waals surface area contributed by atoms with Crippen molar-refractivity contribution in [1.82, 2.24) is 19.3 Å². The molecule has 0 aliphatic heterocycles. The number of carbonyl (C=O) groups excluding carboxylic acids is 1. The SMILES string of the molecule is Cn1nc(C(C)(C)C)cc1NC(=O)Cn1cnc(-c2ccccc2)c1. The van der Waals surface area contributed by atoms with E-state index in [0.29, 0.717) is 5.82 Å². The van der Waals surface area contributed by atoms with Gasteiger partial charge in [-0.05, 0) is 0 Å². The second kappa shape index (κ2) is 6.55. The molecule has 0 fully saturated rings. The van der Waals surface area contributed by atoms with E-state index < -0.39 is 0 Å². The molecule has 1 aromatic carbocycles. The first kappa shape index (κ1) is 17.0. The van der Waals surface area contributed by atoms with E-state index in [1.54, 1.807) is 15.6 Å². The zero-order valence-corrected chi connectivity index (χ0v) is 15.0. The Balaban J connectivity index is 1.68. The quantitative estimate of drug-likeness (QED) is 0.795. The van der Waals surface area contributed by atoms with Crippen LogP contribution in [0, 0.1) is 0 Å². The van der Waals surface area contributed by atoms with Crippen LogP contribution in [-0.4, -0.2) is 25.2 Å². The number of anilines is 1. The number of hydrogen-bond acceptors (Lipinski definition) is 3. The van der Waals surface area contributed by atoms with E-state index in [1.165, 1.54) is 0 Å². The molecule has 130 valence electrons. The summed E-state index contributed by atoms with van der Waals surface area (Å²) in [6.07, 6.45) is 3.55. The molecule has 25 heavy (non-hydrogen) atoms. The number of nitrogens with one attached hydrogen (secondary N) is 1. The van der Waals surface area contributed by atoms with Crippen LogP contribution < -0.4 is 5.32 Å². The van der Waals surface area contributed by atoms with Crippen LogP contribution >= 0.6 is 0 Å². The molecule has 6 nitrogen and oxygen atoms in total. The normalized spacial score (nSPS) is 11.5. The van der Waals surface area contributed by atoms with Crippen molar-refractivity contribution < 1.29 is 4.79 Å². The van der Waals surface area contributed by atoms with Crippen LogP contribution in [-0.2, 0) is 23.8 Å². The Bertz CT molecular complexity index is 871. The van der Waals surface area contributed by atoms with Crippen LogP contribution in [0.2, 0.25) is 0 Å². The van der Waals surface area contributed by atoms with E-state index >= 15 is 0 Å². The van der Waals surface area contributed by atoms with Gasteiger partial charge >= 0.3 is 0 Å².